The summed E-state index contributed by atoms with van der Waals surface area (Å²) in [7, 11) is 0. The highest BCUT2D eigenvalue weighted by molar-refractivity contribution is 7.09. The summed E-state index contributed by atoms with van der Waals surface area (Å²) >= 11 is 1.88. The highest BCUT2D eigenvalue weighted by Gasteiger charge is 2.16. The zero-order valence-corrected chi connectivity index (χ0v) is 11.6. The van der Waals surface area contributed by atoms with Crippen LogP contribution in [0.15, 0.2) is 17.5 Å². The van der Waals surface area contributed by atoms with Crippen molar-refractivity contribution in [3.05, 3.63) is 22.4 Å². The van der Waals surface area contributed by atoms with Crippen molar-refractivity contribution in [3.8, 4) is 0 Å². The molecule has 2 rings (SSSR count). The van der Waals surface area contributed by atoms with Gasteiger partial charge in [0.1, 0.15) is 0 Å². The number of hydrogen-bond acceptors (Lipinski definition) is 3. The van der Waals surface area contributed by atoms with Crippen LogP contribution in [0.25, 0.3) is 0 Å². The minimum Gasteiger partial charge on any atom is -0.316 e. The number of rotatable bonds is 6. The minimum absolute atomic E-state index is 0.857. The zero-order chi connectivity index (χ0) is 11.9. The van der Waals surface area contributed by atoms with Crippen LogP contribution in [0.3, 0.4) is 0 Å². The van der Waals surface area contributed by atoms with Gasteiger partial charge in [0.2, 0.25) is 0 Å². The smallest absolute Gasteiger partial charge is 0.0328 e. The third kappa shape index (κ3) is 4.41. The summed E-state index contributed by atoms with van der Waals surface area (Å²) in [5.74, 6) is 0.857. The maximum atomic E-state index is 3.52. The Bertz CT molecular complexity index is 291. The van der Waals surface area contributed by atoms with Gasteiger partial charge >= 0.3 is 0 Å². The van der Waals surface area contributed by atoms with Crippen LogP contribution in [0.1, 0.15) is 31.1 Å². The molecule has 1 aliphatic heterocycles. The van der Waals surface area contributed by atoms with E-state index in [1.54, 1.807) is 0 Å². The third-order valence-corrected chi connectivity index (χ3v) is 4.28. The van der Waals surface area contributed by atoms with E-state index < -0.39 is 0 Å². The van der Waals surface area contributed by atoms with E-state index >= 15 is 0 Å². The fourth-order valence-electron chi connectivity index (χ4n) is 2.62. The van der Waals surface area contributed by atoms with Crippen LogP contribution in [0, 0.1) is 5.92 Å². The molecule has 1 saturated heterocycles. The minimum atomic E-state index is 0.857. The lowest BCUT2D eigenvalue weighted by Crippen LogP contribution is -2.38. The second-order valence-electron chi connectivity index (χ2n) is 5.03. The van der Waals surface area contributed by atoms with E-state index in [1.807, 2.05) is 11.3 Å². The monoisotopic (exact) mass is 252 g/mol. The first-order valence-electron chi connectivity index (χ1n) is 6.84. The van der Waals surface area contributed by atoms with Crippen LogP contribution >= 0.6 is 11.3 Å². The standard InChI is InChI=1S/C14H24N2S/c1-2-8-16(12-14-6-4-9-17-14)11-13-5-3-7-15-10-13/h4,6,9,13,15H,2-3,5,7-8,10-12H2,1H3. The lowest BCUT2D eigenvalue weighted by atomic mass is 9.99. The molecule has 96 valence electrons. The van der Waals surface area contributed by atoms with Gasteiger partial charge in [-0.15, -0.1) is 11.3 Å². The predicted molar refractivity (Wildman–Crippen MR) is 75.5 cm³/mol. The first kappa shape index (κ1) is 13.1. The predicted octanol–water partition coefficient (Wildman–Crippen LogP) is 2.96. The molecule has 0 amide bonds. The van der Waals surface area contributed by atoms with Crippen molar-refractivity contribution in [2.45, 2.75) is 32.7 Å². The molecule has 17 heavy (non-hydrogen) atoms. The molecule has 1 atom stereocenters. The first-order chi connectivity index (χ1) is 8.38. The number of piperidine rings is 1. The molecular formula is C14H24N2S. The van der Waals surface area contributed by atoms with E-state index in [4.69, 9.17) is 0 Å². The average Bonchev–Trinajstić information content (AvgIpc) is 2.83. The van der Waals surface area contributed by atoms with Gasteiger partial charge < -0.3 is 5.32 Å². The fraction of sp³-hybridized carbons (Fsp3) is 0.714. The van der Waals surface area contributed by atoms with Gasteiger partial charge in [0.25, 0.3) is 0 Å². The SMILES string of the molecule is CCCN(Cc1cccs1)CC1CCCNC1. The average molecular weight is 252 g/mol. The van der Waals surface area contributed by atoms with E-state index in [9.17, 15) is 0 Å². The maximum Gasteiger partial charge on any atom is 0.0328 e. The number of nitrogens with zero attached hydrogens (tertiary/aromatic N) is 1. The van der Waals surface area contributed by atoms with E-state index in [2.05, 4.69) is 34.7 Å². The molecule has 3 heteroatoms. The van der Waals surface area contributed by atoms with E-state index in [1.165, 1.54) is 50.3 Å². The van der Waals surface area contributed by atoms with Crippen molar-refractivity contribution in [1.82, 2.24) is 10.2 Å². The largest absolute Gasteiger partial charge is 0.316 e. The Kier molecular flexibility index (Phi) is 5.49. The van der Waals surface area contributed by atoms with Crippen LogP contribution in [0.5, 0.6) is 0 Å². The van der Waals surface area contributed by atoms with Crippen molar-refractivity contribution in [3.63, 3.8) is 0 Å². The number of nitrogens with one attached hydrogen (secondary N) is 1. The molecule has 0 bridgehead atoms. The Labute approximate surface area is 109 Å². The molecular weight excluding hydrogens is 228 g/mol. The molecule has 1 fully saturated rings. The summed E-state index contributed by atoms with van der Waals surface area (Å²) < 4.78 is 0. The van der Waals surface area contributed by atoms with Gasteiger partial charge in [-0.05, 0) is 56.3 Å². The van der Waals surface area contributed by atoms with Crippen molar-refractivity contribution >= 4 is 11.3 Å². The number of thiophene rings is 1. The number of hydrogen-bond donors (Lipinski definition) is 1. The van der Waals surface area contributed by atoms with Gasteiger partial charge in [-0.2, -0.15) is 0 Å². The summed E-state index contributed by atoms with van der Waals surface area (Å²) in [4.78, 5) is 4.13. The molecule has 1 N–H and O–H groups in total. The molecule has 1 unspecified atom stereocenters. The van der Waals surface area contributed by atoms with E-state index in [0.29, 0.717) is 0 Å². The molecule has 0 saturated carbocycles. The zero-order valence-electron chi connectivity index (χ0n) is 10.8. The van der Waals surface area contributed by atoms with Crippen LogP contribution in [-0.4, -0.2) is 31.1 Å². The molecule has 0 spiro atoms. The van der Waals surface area contributed by atoms with Crippen molar-refractivity contribution < 1.29 is 0 Å². The summed E-state index contributed by atoms with van der Waals surface area (Å²) in [6.07, 6.45) is 4.01. The Balaban J connectivity index is 1.83. The molecule has 2 heterocycles. The van der Waals surface area contributed by atoms with Gasteiger partial charge in [-0.3, -0.25) is 4.90 Å². The second kappa shape index (κ2) is 7.14. The normalized spacial score (nSPS) is 20.9. The third-order valence-electron chi connectivity index (χ3n) is 3.41. The first-order valence-corrected chi connectivity index (χ1v) is 7.72. The Morgan fingerprint density at radius 2 is 2.47 bits per heavy atom. The summed E-state index contributed by atoms with van der Waals surface area (Å²) in [5, 5.41) is 5.70. The van der Waals surface area contributed by atoms with Crippen LogP contribution in [-0.2, 0) is 6.54 Å². The molecule has 0 aromatic carbocycles. The molecule has 2 nitrogen and oxygen atoms in total. The summed E-state index contributed by atoms with van der Waals surface area (Å²) in [6, 6.07) is 4.42. The van der Waals surface area contributed by atoms with Gasteiger partial charge in [0.15, 0.2) is 0 Å². The Morgan fingerprint density at radius 1 is 1.53 bits per heavy atom. The quantitative estimate of drug-likeness (QED) is 0.837. The molecule has 1 aliphatic rings. The second-order valence-corrected chi connectivity index (χ2v) is 6.06. The maximum absolute atomic E-state index is 3.52. The molecule has 1 aromatic rings. The van der Waals surface area contributed by atoms with Gasteiger partial charge in [0.05, 0.1) is 0 Å². The summed E-state index contributed by atoms with van der Waals surface area (Å²) in [6.45, 7) is 8.34. The van der Waals surface area contributed by atoms with Crippen molar-refractivity contribution in [1.29, 1.82) is 0 Å². The highest BCUT2D eigenvalue weighted by Crippen LogP contribution is 2.16. The van der Waals surface area contributed by atoms with Crippen molar-refractivity contribution in [2.75, 3.05) is 26.2 Å². The van der Waals surface area contributed by atoms with E-state index in [0.717, 1.165) is 12.5 Å². The molecule has 0 aliphatic carbocycles. The molecule has 0 radical (unpaired) electrons. The van der Waals surface area contributed by atoms with Crippen LogP contribution < -0.4 is 5.32 Å². The van der Waals surface area contributed by atoms with Gasteiger partial charge in [-0.1, -0.05) is 13.0 Å². The Morgan fingerprint density at radius 3 is 3.12 bits per heavy atom. The fourth-order valence-corrected chi connectivity index (χ4v) is 3.37. The highest BCUT2D eigenvalue weighted by atomic mass is 32.1. The topological polar surface area (TPSA) is 15.3 Å². The van der Waals surface area contributed by atoms with Crippen LogP contribution in [0.4, 0.5) is 0 Å². The lowest BCUT2D eigenvalue weighted by Gasteiger charge is -2.29. The van der Waals surface area contributed by atoms with Gasteiger partial charge in [-0.25, -0.2) is 0 Å². The van der Waals surface area contributed by atoms with E-state index in [-0.39, 0.29) is 0 Å². The Hall–Kier alpha value is -0.380. The van der Waals surface area contributed by atoms with Gasteiger partial charge in [0, 0.05) is 18.0 Å². The molecule has 1 aromatic heterocycles. The van der Waals surface area contributed by atoms with Crippen LogP contribution in [0.2, 0.25) is 0 Å². The lowest BCUT2D eigenvalue weighted by molar-refractivity contribution is 0.203. The van der Waals surface area contributed by atoms with Crippen molar-refractivity contribution in [2.24, 2.45) is 5.92 Å². The summed E-state index contributed by atoms with van der Waals surface area (Å²) in [5.41, 5.74) is 0.